The van der Waals surface area contributed by atoms with E-state index in [1.807, 2.05) is 62.4 Å². The molecule has 0 bridgehead atoms. The Morgan fingerprint density at radius 1 is 0.886 bits per heavy atom. The highest BCUT2D eigenvalue weighted by atomic mass is 16.5. The molecule has 6 heteroatoms. The van der Waals surface area contributed by atoms with Crippen molar-refractivity contribution in [3.63, 3.8) is 0 Å². The lowest BCUT2D eigenvalue weighted by Gasteiger charge is -2.13. The number of hydrogen-bond donors (Lipinski definition) is 1. The first-order valence-electron chi connectivity index (χ1n) is 11.3. The van der Waals surface area contributed by atoms with Crippen molar-refractivity contribution in [3.8, 4) is 17.2 Å². The van der Waals surface area contributed by atoms with E-state index in [0.29, 0.717) is 18.1 Å². The van der Waals surface area contributed by atoms with Crippen LogP contribution in [0.4, 0.5) is 0 Å². The summed E-state index contributed by atoms with van der Waals surface area (Å²) in [4.78, 5) is 12.1. The van der Waals surface area contributed by atoms with Crippen molar-refractivity contribution < 1.29 is 19.0 Å². The van der Waals surface area contributed by atoms with Gasteiger partial charge in [-0.05, 0) is 65.1 Å². The molecule has 35 heavy (non-hydrogen) atoms. The molecule has 0 saturated carbocycles. The Hall–Kier alpha value is -4.32. The molecule has 4 rings (SSSR count). The van der Waals surface area contributed by atoms with Gasteiger partial charge in [-0.1, -0.05) is 60.7 Å². The Kier molecular flexibility index (Phi) is 7.63. The summed E-state index contributed by atoms with van der Waals surface area (Å²) in [6.07, 6.45) is 1.55. The molecule has 4 aromatic rings. The van der Waals surface area contributed by atoms with Gasteiger partial charge in [0.2, 0.25) is 0 Å². The maximum absolute atomic E-state index is 12.1. The summed E-state index contributed by atoms with van der Waals surface area (Å²) < 4.78 is 17.2. The molecule has 0 heterocycles. The zero-order valence-electron chi connectivity index (χ0n) is 20.1. The Morgan fingerprint density at radius 2 is 1.63 bits per heavy atom. The number of carbonyl (C=O) groups is 1. The highest BCUT2D eigenvalue weighted by molar-refractivity contribution is 5.86. The number of methoxy groups -OCH3 is 1. The molecule has 178 valence electrons. The van der Waals surface area contributed by atoms with Crippen LogP contribution in [0.15, 0.2) is 84.0 Å². The summed E-state index contributed by atoms with van der Waals surface area (Å²) in [6, 6.07) is 25.7. The number of aryl methyl sites for hydroxylation is 2. The molecule has 1 N–H and O–H groups in total. The molecule has 0 aliphatic carbocycles. The second-order valence-corrected chi connectivity index (χ2v) is 8.14. The Balaban J connectivity index is 1.35. The van der Waals surface area contributed by atoms with E-state index in [1.54, 1.807) is 19.4 Å². The molecule has 0 saturated heterocycles. The quantitative estimate of drug-likeness (QED) is 0.257. The predicted molar refractivity (Wildman–Crippen MR) is 138 cm³/mol. The number of fused-ring (bicyclic) bond motifs is 1. The van der Waals surface area contributed by atoms with Gasteiger partial charge in [-0.25, -0.2) is 5.43 Å². The van der Waals surface area contributed by atoms with Crippen LogP contribution < -0.4 is 19.6 Å². The minimum absolute atomic E-state index is 0.118. The monoisotopic (exact) mass is 468 g/mol. The number of nitrogens with zero attached hydrogens (tertiary/aromatic N) is 1. The van der Waals surface area contributed by atoms with Crippen LogP contribution in [0.2, 0.25) is 0 Å². The van der Waals surface area contributed by atoms with E-state index in [1.165, 1.54) is 5.39 Å². The van der Waals surface area contributed by atoms with Gasteiger partial charge in [-0.15, -0.1) is 0 Å². The molecule has 4 aromatic carbocycles. The van der Waals surface area contributed by atoms with Gasteiger partial charge in [0.15, 0.2) is 18.1 Å². The predicted octanol–water partition coefficient (Wildman–Crippen LogP) is 5.57. The Bertz CT molecular complexity index is 1340. The first kappa shape index (κ1) is 23.8. The van der Waals surface area contributed by atoms with E-state index in [-0.39, 0.29) is 12.5 Å². The van der Waals surface area contributed by atoms with Crippen LogP contribution in [-0.4, -0.2) is 25.8 Å². The minimum atomic E-state index is -0.342. The van der Waals surface area contributed by atoms with E-state index in [9.17, 15) is 4.79 Å². The maximum Gasteiger partial charge on any atom is 0.277 e. The zero-order chi connectivity index (χ0) is 24.6. The molecule has 0 fully saturated rings. The van der Waals surface area contributed by atoms with Gasteiger partial charge in [-0.2, -0.15) is 5.10 Å². The van der Waals surface area contributed by atoms with Gasteiger partial charge < -0.3 is 14.2 Å². The van der Waals surface area contributed by atoms with Crippen molar-refractivity contribution in [1.29, 1.82) is 0 Å². The fraction of sp³-hybridized carbons (Fsp3) is 0.172. The van der Waals surface area contributed by atoms with Crippen molar-refractivity contribution in [2.45, 2.75) is 20.5 Å². The summed E-state index contributed by atoms with van der Waals surface area (Å²) in [5.41, 5.74) is 6.31. The number of nitrogens with one attached hydrogen (secondary N) is 1. The van der Waals surface area contributed by atoms with Crippen molar-refractivity contribution in [3.05, 3.63) is 101 Å². The van der Waals surface area contributed by atoms with Crippen LogP contribution in [0.25, 0.3) is 10.8 Å². The third-order valence-corrected chi connectivity index (χ3v) is 5.61. The molecule has 0 aromatic heterocycles. The number of benzene rings is 4. The number of amides is 1. The summed E-state index contributed by atoms with van der Waals surface area (Å²) in [5, 5.41) is 6.37. The summed E-state index contributed by atoms with van der Waals surface area (Å²) in [6.45, 7) is 4.19. The Labute approximate surface area is 205 Å². The number of hydrazone groups is 1. The standard InChI is InChI=1S/C29H28N2O4/c1-20-8-6-9-21(2)29(20)35-19-28(32)31-30-17-22-14-15-26(27(16-22)33-3)34-18-24-12-7-11-23-10-4-5-13-25(23)24/h4-17H,18-19H2,1-3H3,(H,31,32)/b30-17-. The summed E-state index contributed by atoms with van der Waals surface area (Å²) in [7, 11) is 1.59. The lowest BCUT2D eigenvalue weighted by atomic mass is 10.1. The number of ether oxygens (including phenoxy) is 3. The van der Waals surface area contributed by atoms with Crippen molar-refractivity contribution in [2.24, 2.45) is 5.10 Å². The zero-order valence-corrected chi connectivity index (χ0v) is 20.1. The fourth-order valence-electron chi connectivity index (χ4n) is 3.83. The second kappa shape index (κ2) is 11.2. The third-order valence-electron chi connectivity index (χ3n) is 5.61. The lowest BCUT2D eigenvalue weighted by Crippen LogP contribution is -2.25. The number of hydrogen-bond acceptors (Lipinski definition) is 5. The van der Waals surface area contributed by atoms with Crippen LogP contribution in [0.5, 0.6) is 17.2 Å². The number of para-hydroxylation sites is 1. The van der Waals surface area contributed by atoms with E-state index in [2.05, 4.69) is 34.8 Å². The van der Waals surface area contributed by atoms with Gasteiger partial charge in [0, 0.05) is 0 Å². The van der Waals surface area contributed by atoms with Crippen molar-refractivity contribution >= 4 is 22.9 Å². The topological polar surface area (TPSA) is 69.2 Å². The molecule has 0 aliphatic heterocycles. The Morgan fingerprint density at radius 3 is 2.43 bits per heavy atom. The first-order valence-corrected chi connectivity index (χ1v) is 11.3. The molecule has 6 nitrogen and oxygen atoms in total. The SMILES string of the molecule is COc1cc(/C=N\NC(=O)COc2c(C)cccc2C)ccc1OCc1cccc2ccccc12. The number of rotatable bonds is 9. The maximum atomic E-state index is 12.1. The highest BCUT2D eigenvalue weighted by Gasteiger charge is 2.09. The first-order chi connectivity index (χ1) is 17.0. The van der Waals surface area contributed by atoms with E-state index in [0.717, 1.165) is 33.4 Å². The van der Waals surface area contributed by atoms with Gasteiger partial charge >= 0.3 is 0 Å². The normalized spacial score (nSPS) is 10.9. The molecule has 0 aliphatic rings. The van der Waals surface area contributed by atoms with Crippen LogP contribution >= 0.6 is 0 Å². The third kappa shape index (κ3) is 5.98. The van der Waals surface area contributed by atoms with Gasteiger partial charge in [0.25, 0.3) is 5.91 Å². The van der Waals surface area contributed by atoms with Crippen LogP contribution in [0, 0.1) is 13.8 Å². The highest BCUT2D eigenvalue weighted by Crippen LogP contribution is 2.29. The largest absolute Gasteiger partial charge is 0.493 e. The van der Waals surface area contributed by atoms with Gasteiger partial charge in [-0.3, -0.25) is 4.79 Å². The van der Waals surface area contributed by atoms with Gasteiger partial charge in [0.05, 0.1) is 13.3 Å². The van der Waals surface area contributed by atoms with E-state index < -0.39 is 0 Å². The smallest absolute Gasteiger partial charge is 0.277 e. The minimum Gasteiger partial charge on any atom is -0.493 e. The number of carbonyl (C=O) groups excluding carboxylic acids is 1. The molecule has 0 spiro atoms. The molecule has 1 amide bonds. The van der Waals surface area contributed by atoms with E-state index >= 15 is 0 Å². The molecular weight excluding hydrogens is 440 g/mol. The average Bonchev–Trinajstić information content (AvgIpc) is 2.87. The van der Waals surface area contributed by atoms with Crippen molar-refractivity contribution in [1.82, 2.24) is 5.43 Å². The van der Waals surface area contributed by atoms with Crippen LogP contribution in [-0.2, 0) is 11.4 Å². The molecule has 0 unspecified atom stereocenters. The molecular formula is C29H28N2O4. The van der Waals surface area contributed by atoms with Crippen LogP contribution in [0.3, 0.4) is 0 Å². The summed E-state index contributed by atoms with van der Waals surface area (Å²) >= 11 is 0. The molecule has 0 radical (unpaired) electrons. The molecule has 0 atom stereocenters. The summed E-state index contributed by atoms with van der Waals surface area (Å²) in [5.74, 6) is 1.59. The lowest BCUT2D eigenvalue weighted by molar-refractivity contribution is -0.123. The van der Waals surface area contributed by atoms with Crippen LogP contribution in [0.1, 0.15) is 22.3 Å². The average molecular weight is 469 g/mol. The fourth-order valence-corrected chi connectivity index (χ4v) is 3.83. The van der Waals surface area contributed by atoms with E-state index in [4.69, 9.17) is 14.2 Å². The van der Waals surface area contributed by atoms with Crippen molar-refractivity contribution in [2.75, 3.05) is 13.7 Å². The second-order valence-electron chi connectivity index (χ2n) is 8.14. The van der Waals surface area contributed by atoms with Gasteiger partial charge in [0.1, 0.15) is 12.4 Å².